The molecule has 1 saturated heterocycles. The summed E-state index contributed by atoms with van der Waals surface area (Å²) in [6.07, 6.45) is 2.36. The highest BCUT2D eigenvalue weighted by atomic mass is 35.5. The highest BCUT2D eigenvalue weighted by Crippen LogP contribution is 2.17. The number of hydrogen-bond donors (Lipinski definition) is 1. The number of rotatable bonds is 7. The second-order valence-corrected chi connectivity index (χ2v) is 5.34. The molecular weight excluding hydrogens is 314 g/mol. The van der Waals surface area contributed by atoms with Crippen LogP contribution in [0.3, 0.4) is 0 Å². The third-order valence-electron chi connectivity index (χ3n) is 3.79. The van der Waals surface area contributed by atoms with E-state index in [-0.39, 0.29) is 24.5 Å². The SMILES string of the molecule is Cl.[C-]#[N+][C@@H]1CCCN1C(=O)CNCCc1ccc(OCC)cc1. The molecule has 1 amide bonds. The number of nitrogens with zero attached hydrogens (tertiary/aromatic N) is 2. The summed E-state index contributed by atoms with van der Waals surface area (Å²) in [6, 6.07) is 8.02. The summed E-state index contributed by atoms with van der Waals surface area (Å²) in [7, 11) is 0. The molecule has 0 bridgehead atoms. The summed E-state index contributed by atoms with van der Waals surface area (Å²) < 4.78 is 5.41. The Bertz CT molecular complexity index is 528. The first-order valence-corrected chi connectivity index (χ1v) is 7.83. The number of likely N-dealkylation sites (tertiary alicyclic amines) is 1. The first-order valence-electron chi connectivity index (χ1n) is 7.83. The summed E-state index contributed by atoms with van der Waals surface area (Å²) in [5.74, 6) is 0.916. The fraction of sp³-hybridized carbons (Fsp3) is 0.529. The number of halogens is 1. The Morgan fingerprint density at radius 1 is 1.43 bits per heavy atom. The minimum atomic E-state index is -0.250. The van der Waals surface area contributed by atoms with Crippen LogP contribution in [0.5, 0.6) is 5.75 Å². The van der Waals surface area contributed by atoms with Crippen molar-refractivity contribution in [3.63, 3.8) is 0 Å². The van der Waals surface area contributed by atoms with Gasteiger partial charge >= 0.3 is 6.17 Å². The summed E-state index contributed by atoms with van der Waals surface area (Å²) in [4.78, 5) is 17.2. The van der Waals surface area contributed by atoms with E-state index >= 15 is 0 Å². The summed E-state index contributed by atoms with van der Waals surface area (Å²) >= 11 is 0. The van der Waals surface area contributed by atoms with E-state index in [1.807, 2.05) is 31.2 Å². The van der Waals surface area contributed by atoms with Gasteiger partial charge in [0.2, 0.25) is 5.91 Å². The van der Waals surface area contributed by atoms with Gasteiger partial charge in [-0.3, -0.25) is 14.5 Å². The lowest BCUT2D eigenvalue weighted by molar-refractivity contribution is -0.130. The number of carbonyl (C=O) groups is 1. The van der Waals surface area contributed by atoms with Crippen LogP contribution in [0.25, 0.3) is 4.85 Å². The van der Waals surface area contributed by atoms with Gasteiger partial charge in [0.1, 0.15) is 5.75 Å². The van der Waals surface area contributed by atoms with E-state index in [0.717, 1.165) is 31.6 Å². The fourth-order valence-corrected chi connectivity index (χ4v) is 2.62. The van der Waals surface area contributed by atoms with Crippen molar-refractivity contribution < 1.29 is 9.53 Å². The number of ether oxygens (including phenoxy) is 1. The zero-order chi connectivity index (χ0) is 15.8. The maximum absolute atomic E-state index is 12.0. The van der Waals surface area contributed by atoms with Crippen molar-refractivity contribution in [1.29, 1.82) is 0 Å². The third-order valence-corrected chi connectivity index (χ3v) is 3.79. The molecule has 0 aromatic heterocycles. The molecule has 1 aliphatic heterocycles. The van der Waals surface area contributed by atoms with Crippen LogP contribution >= 0.6 is 12.4 Å². The highest BCUT2D eigenvalue weighted by molar-refractivity contribution is 5.85. The summed E-state index contributed by atoms with van der Waals surface area (Å²) in [6.45, 7) is 11.5. The van der Waals surface area contributed by atoms with Gasteiger partial charge in [0.15, 0.2) is 0 Å². The van der Waals surface area contributed by atoms with Crippen molar-refractivity contribution >= 4 is 18.3 Å². The predicted molar refractivity (Wildman–Crippen MR) is 92.8 cm³/mol. The van der Waals surface area contributed by atoms with Gasteiger partial charge in [-0.15, -0.1) is 12.4 Å². The summed E-state index contributed by atoms with van der Waals surface area (Å²) in [5.41, 5.74) is 1.21. The molecule has 2 rings (SSSR count). The van der Waals surface area contributed by atoms with Crippen LogP contribution in [0, 0.1) is 6.57 Å². The van der Waals surface area contributed by atoms with Crippen LogP contribution in [0.4, 0.5) is 0 Å². The molecule has 0 saturated carbocycles. The van der Waals surface area contributed by atoms with Gasteiger partial charge in [-0.1, -0.05) is 12.1 Å². The van der Waals surface area contributed by atoms with Crippen molar-refractivity contribution in [2.75, 3.05) is 26.2 Å². The van der Waals surface area contributed by atoms with E-state index in [9.17, 15) is 4.79 Å². The standard InChI is InChI=1S/C17H23N3O2.ClH/c1-3-22-15-8-6-14(7-9-15)10-11-19-13-17(21)20-12-4-5-16(20)18-2;/h6-9,16,19H,3-5,10-13H2,1H3;1H/t16-;/m0./s1. The van der Waals surface area contributed by atoms with Gasteiger partial charge in [0, 0.05) is 13.0 Å². The second kappa shape index (κ2) is 10.1. The minimum Gasteiger partial charge on any atom is -0.494 e. The first-order chi connectivity index (χ1) is 10.7. The van der Waals surface area contributed by atoms with E-state index in [2.05, 4.69) is 10.2 Å². The second-order valence-electron chi connectivity index (χ2n) is 5.34. The van der Waals surface area contributed by atoms with Gasteiger partial charge < -0.3 is 10.1 Å². The maximum atomic E-state index is 12.0. The van der Waals surface area contributed by atoms with Crippen molar-refractivity contribution in [2.45, 2.75) is 32.4 Å². The Labute approximate surface area is 144 Å². The zero-order valence-electron chi connectivity index (χ0n) is 13.5. The van der Waals surface area contributed by atoms with Crippen molar-refractivity contribution in [3.05, 3.63) is 41.2 Å². The van der Waals surface area contributed by atoms with E-state index in [4.69, 9.17) is 11.3 Å². The van der Waals surface area contributed by atoms with Crippen LogP contribution in [0.1, 0.15) is 25.3 Å². The Hall–Kier alpha value is -1.77. The van der Waals surface area contributed by atoms with Gasteiger partial charge in [-0.05, 0) is 44.0 Å². The molecule has 1 aliphatic rings. The van der Waals surface area contributed by atoms with Gasteiger partial charge in [0.05, 0.1) is 13.2 Å². The van der Waals surface area contributed by atoms with E-state index in [1.165, 1.54) is 5.56 Å². The molecule has 0 spiro atoms. The average molecular weight is 338 g/mol. The van der Waals surface area contributed by atoms with Crippen LogP contribution in [-0.4, -0.2) is 43.2 Å². The smallest absolute Gasteiger partial charge is 0.300 e. The van der Waals surface area contributed by atoms with Crippen molar-refractivity contribution in [3.8, 4) is 5.75 Å². The maximum Gasteiger partial charge on any atom is 0.300 e. The molecule has 1 heterocycles. The molecule has 5 nitrogen and oxygen atoms in total. The van der Waals surface area contributed by atoms with Crippen LogP contribution < -0.4 is 10.1 Å². The van der Waals surface area contributed by atoms with Crippen molar-refractivity contribution in [1.82, 2.24) is 10.2 Å². The van der Waals surface area contributed by atoms with E-state index in [0.29, 0.717) is 19.7 Å². The highest BCUT2D eigenvalue weighted by Gasteiger charge is 2.32. The molecule has 1 aromatic carbocycles. The predicted octanol–water partition coefficient (Wildman–Crippen LogP) is 2.51. The molecule has 0 aliphatic carbocycles. The van der Waals surface area contributed by atoms with Gasteiger partial charge in [-0.2, -0.15) is 0 Å². The first kappa shape index (κ1) is 19.3. The topological polar surface area (TPSA) is 45.9 Å². The Balaban J connectivity index is 0.00000264. The number of nitrogens with one attached hydrogen (secondary N) is 1. The molecule has 1 N–H and O–H groups in total. The Kier molecular flexibility index (Phi) is 8.46. The molecule has 1 atom stereocenters. The summed E-state index contributed by atoms with van der Waals surface area (Å²) in [5, 5.41) is 3.17. The largest absolute Gasteiger partial charge is 0.494 e. The quantitative estimate of drug-likeness (QED) is 0.614. The fourth-order valence-electron chi connectivity index (χ4n) is 2.62. The van der Waals surface area contributed by atoms with Crippen LogP contribution in [0.2, 0.25) is 0 Å². The molecule has 6 heteroatoms. The third kappa shape index (κ3) is 5.74. The number of benzene rings is 1. The lowest BCUT2D eigenvalue weighted by Gasteiger charge is -2.16. The number of amides is 1. The van der Waals surface area contributed by atoms with E-state index < -0.39 is 0 Å². The normalized spacial score (nSPS) is 16.5. The Morgan fingerprint density at radius 2 is 2.17 bits per heavy atom. The molecule has 126 valence electrons. The molecule has 1 aromatic rings. The lowest BCUT2D eigenvalue weighted by atomic mass is 10.1. The zero-order valence-corrected chi connectivity index (χ0v) is 14.3. The average Bonchev–Trinajstić information content (AvgIpc) is 3.02. The van der Waals surface area contributed by atoms with Crippen molar-refractivity contribution in [2.24, 2.45) is 0 Å². The monoisotopic (exact) mass is 337 g/mol. The molecule has 0 radical (unpaired) electrons. The molecule has 23 heavy (non-hydrogen) atoms. The molecule has 0 unspecified atom stereocenters. The molecule has 1 fully saturated rings. The lowest BCUT2D eigenvalue weighted by Crippen LogP contribution is -2.40. The van der Waals surface area contributed by atoms with E-state index in [1.54, 1.807) is 4.90 Å². The number of hydrogen-bond acceptors (Lipinski definition) is 3. The molecular formula is C17H24ClN3O2. The van der Waals surface area contributed by atoms with Crippen LogP contribution in [0.15, 0.2) is 24.3 Å². The van der Waals surface area contributed by atoms with Crippen LogP contribution in [-0.2, 0) is 11.2 Å². The van der Waals surface area contributed by atoms with Gasteiger partial charge in [0.25, 0.3) is 0 Å². The Morgan fingerprint density at radius 3 is 2.83 bits per heavy atom. The minimum absolute atomic E-state index is 0. The number of carbonyl (C=O) groups excluding carboxylic acids is 1. The van der Waals surface area contributed by atoms with Gasteiger partial charge in [-0.25, -0.2) is 6.57 Å².